The first-order chi connectivity index (χ1) is 8.22. The lowest BCUT2D eigenvalue weighted by molar-refractivity contribution is -0.133. The first kappa shape index (κ1) is 12.1. The molecule has 0 radical (unpaired) electrons. The summed E-state index contributed by atoms with van der Waals surface area (Å²) in [5, 5.41) is 2.98. The van der Waals surface area contributed by atoms with E-state index in [1.54, 1.807) is 4.90 Å². The van der Waals surface area contributed by atoms with E-state index in [4.69, 9.17) is 4.74 Å². The Hall–Kier alpha value is -1.39. The van der Waals surface area contributed by atoms with Crippen LogP contribution in [0, 0.1) is 6.92 Å². The summed E-state index contributed by atoms with van der Waals surface area (Å²) in [6.07, 6.45) is -0.366. The third kappa shape index (κ3) is 2.65. The molecule has 0 bridgehead atoms. The number of carbonyl (C=O) groups is 1. The van der Waals surface area contributed by atoms with Gasteiger partial charge in [0.2, 0.25) is 0 Å². The van der Waals surface area contributed by atoms with Gasteiger partial charge in [0.1, 0.15) is 6.10 Å². The van der Waals surface area contributed by atoms with Crippen molar-refractivity contribution in [3.8, 4) is 0 Å². The van der Waals surface area contributed by atoms with Crippen molar-refractivity contribution in [3.63, 3.8) is 0 Å². The molecule has 1 aromatic carbocycles. The minimum atomic E-state index is -0.366. The Balaban J connectivity index is 2.17. The fourth-order valence-electron chi connectivity index (χ4n) is 2.03. The zero-order chi connectivity index (χ0) is 12.3. The summed E-state index contributed by atoms with van der Waals surface area (Å²) in [4.78, 5) is 14.0. The Morgan fingerprint density at radius 2 is 2.35 bits per heavy atom. The van der Waals surface area contributed by atoms with Gasteiger partial charge in [-0.2, -0.15) is 0 Å². The zero-order valence-electron chi connectivity index (χ0n) is 10.3. The highest BCUT2D eigenvalue weighted by molar-refractivity contribution is 5.97. The van der Waals surface area contributed by atoms with Gasteiger partial charge in [0.25, 0.3) is 5.91 Å². The van der Waals surface area contributed by atoms with E-state index in [1.165, 1.54) is 0 Å². The Bertz CT molecular complexity index is 404. The molecule has 1 fully saturated rings. The molecule has 1 aliphatic heterocycles. The van der Waals surface area contributed by atoms with Crippen LogP contribution < -0.4 is 10.2 Å². The summed E-state index contributed by atoms with van der Waals surface area (Å²) >= 11 is 0. The summed E-state index contributed by atoms with van der Waals surface area (Å²) < 4.78 is 5.46. The van der Waals surface area contributed by atoms with E-state index >= 15 is 0 Å². The molecule has 1 aromatic rings. The van der Waals surface area contributed by atoms with Gasteiger partial charge in [0, 0.05) is 18.8 Å². The number of aryl methyl sites for hydroxylation is 1. The first-order valence-electron chi connectivity index (χ1n) is 5.86. The van der Waals surface area contributed by atoms with Gasteiger partial charge in [-0.15, -0.1) is 0 Å². The van der Waals surface area contributed by atoms with Crippen molar-refractivity contribution < 1.29 is 9.53 Å². The quantitative estimate of drug-likeness (QED) is 0.846. The van der Waals surface area contributed by atoms with Gasteiger partial charge in [0.15, 0.2) is 0 Å². The largest absolute Gasteiger partial charge is 0.365 e. The number of morpholine rings is 1. The summed E-state index contributed by atoms with van der Waals surface area (Å²) in [7, 11) is 1.82. The van der Waals surface area contributed by atoms with E-state index in [9.17, 15) is 4.79 Å². The second-order valence-corrected chi connectivity index (χ2v) is 4.25. The molecule has 4 nitrogen and oxygen atoms in total. The number of benzene rings is 1. The molecule has 0 aliphatic carbocycles. The molecule has 17 heavy (non-hydrogen) atoms. The number of nitrogens with zero attached hydrogens (tertiary/aromatic N) is 1. The molecule has 1 unspecified atom stereocenters. The van der Waals surface area contributed by atoms with Crippen molar-refractivity contribution >= 4 is 11.6 Å². The number of ether oxygens (including phenoxy) is 1. The van der Waals surface area contributed by atoms with E-state index in [0.29, 0.717) is 19.7 Å². The predicted molar refractivity (Wildman–Crippen MR) is 67.2 cm³/mol. The predicted octanol–water partition coefficient (Wildman–Crippen LogP) is 0.946. The van der Waals surface area contributed by atoms with E-state index in [0.717, 1.165) is 11.3 Å². The molecular weight excluding hydrogens is 216 g/mol. The smallest absolute Gasteiger partial charge is 0.257 e. The lowest BCUT2D eigenvalue weighted by Crippen LogP contribution is -2.51. The van der Waals surface area contributed by atoms with Gasteiger partial charge in [-0.3, -0.25) is 4.79 Å². The van der Waals surface area contributed by atoms with E-state index in [-0.39, 0.29) is 12.0 Å². The summed E-state index contributed by atoms with van der Waals surface area (Å²) in [5.41, 5.74) is 2.12. The Labute approximate surface area is 102 Å². The minimum Gasteiger partial charge on any atom is -0.365 e. The number of amides is 1. The second kappa shape index (κ2) is 5.29. The maximum absolute atomic E-state index is 12.2. The lowest BCUT2D eigenvalue weighted by Gasteiger charge is -2.32. The monoisotopic (exact) mass is 234 g/mol. The minimum absolute atomic E-state index is 0.0381. The van der Waals surface area contributed by atoms with Gasteiger partial charge in [-0.1, -0.05) is 12.1 Å². The average Bonchev–Trinajstić information content (AvgIpc) is 2.32. The normalized spacial score (nSPS) is 20.7. The third-order valence-corrected chi connectivity index (χ3v) is 2.88. The zero-order valence-corrected chi connectivity index (χ0v) is 10.3. The molecule has 1 amide bonds. The molecule has 4 heteroatoms. The maximum atomic E-state index is 12.2. The summed E-state index contributed by atoms with van der Waals surface area (Å²) in [6.45, 7) is 3.80. The van der Waals surface area contributed by atoms with Crippen LogP contribution in [0.4, 0.5) is 5.69 Å². The van der Waals surface area contributed by atoms with Crippen LogP contribution in [0.3, 0.4) is 0 Å². The standard InChI is InChI=1S/C13H18N2O2/c1-10-4-3-5-11(8-10)15-6-7-17-12(9-14-2)13(15)16/h3-5,8,12,14H,6-7,9H2,1-2H3. The number of rotatable bonds is 3. The Morgan fingerprint density at radius 1 is 1.53 bits per heavy atom. The van der Waals surface area contributed by atoms with Crippen molar-refractivity contribution in [1.82, 2.24) is 5.32 Å². The van der Waals surface area contributed by atoms with Crippen LogP contribution in [0.25, 0.3) is 0 Å². The van der Waals surface area contributed by atoms with Gasteiger partial charge < -0.3 is 15.0 Å². The maximum Gasteiger partial charge on any atom is 0.257 e. The van der Waals surface area contributed by atoms with Crippen LogP contribution in [0.5, 0.6) is 0 Å². The lowest BCUT2D eigenvalue weighted by atomic mass is 10.1. The number of likely N-dealkylation sites (N-methyl/N-ethyl adjacent to an activating group) is 1. The van der Waals surface area contributed by atoms with Crippen LogP contribution in [0.15, 0.2) is 24.3 Å². The Kier molecular flexibility index (Phi) is 3.76. The van der Waals surface area contributed by atoms with Crippen molar-refractivity contribution in [2.75, 3.05) is 31.6 Å². The van der Waals surface area contributed by atoms with Crippen LogP contribution in [0.1, 0.15) is 5.56 Å². The SMILES string of the molecule is CNCC1OCCN(c2cccc(C)c2)C1=O. The molecule has 2 rings (SSSR count). The second-order valence-electron chi connectivity index (χ2n) is 4.25. The molecule has 1 saturated heterocycles. The molecule has 92 valence electrons. The highest BCUT2D eigenvalue weighted by atomic mass is 16.5. The summed E-state index contributed by atoms with van der Waals surface area (Å²) in [6, 6.07) is 7.99. The van der Waals surface area contributed by atoms with Crippen molar-refractivity contribution in [2.24, 2.45) is 0 Å². The topological polar surface area (TPSA) is 41.6 Å². The van der Waals surface area contributed by atoms with Gasteiger partial charge in [0.05, 0.1) is 6.61 Å². The van der Waals surface area contributed by atoms with Crippen LogP contribution in [-0.4, -0.2) is 38.8 Å². The molecular formula is C13H18N2O2. The molecule has 0 saturated carbocycles. The van der Waals surface area contributed by atoms with Gasteiger partial charge in [-0.05, 0) is 31.7 Å². The van der Waals surface area contributed by atoms with Gasteiger partial charge >= 0.3 is 0 Å². The third-order valence-electron chi connectivity index (χ3n) is 2.88. The summed E-state index contributed by atoms with van der Waals surface area (Å²) in [5.74, 6) is 0.0381. The highest BCUT2D eigenvalue weighted by Crippen LogP contribution is 2.19. The van der Waals surface area contributed by atoms with Gasteiger partial charge in [-0.25, -0.2) is 0 Å². The fourth-order valence-corrected chi connectivity index (χ4v) is 2.03. The Morgan fingerprint density at radius 3 is 3.06 bits per heavy atom. The average molecular weight is 234 g/mol. The number of anilines is 1. The number of hydrogen-bond acceptors (Lipinski definition) is 3. The molecule has 1 aliphatic rings. The highest BCUT2D eigenvalue weighted by Gasteiger charge is 2.29. The van der Waals surface area contributed by atoms with E-state index in [2.05, 4.69) is 5.32 Å². The van der Waals surface area contributed by atoms with Crippen LogP contribution in [0.2, 0.25) is 0 Å². The van der Waals surface area contributed by atoms with Crippen molar-refractivity contribution in [1.29, 1.82) is 0 Å². The van der Waals surface area contributed by atoms with Crippen molar-refractivity contribution in [3.05, 3.63) is 29.8 Å². The van der Waals surface area contributed by atoms with Crippen molar-refractivity contribution in [2.45, 2.75) is 13.0 Å². The molecule has 1 atom stereocenters. The molecule has 0 spiro atoms. The fraction of sp³-hybridized carbons (Fsp3) is 0.462. The van der Waals surface area contributed by atoms with Crippen LogP contribution >= 0.6 is 0 Å². The number of carbonyl (C=O) groups excluding carboxylic acids is 1. The number of nitrogens with one attached hydrogen (secondary N) is 1. The number of hydrogen-bond donors (Lipinski definition) is 1. The molecule has 1 N–H and O–H groups in total. The van der Waals surface area contributed by atoms with Crippen LogP contribution in [-0.2, 0) is 9.53 Å². The molecule has 0 aromatic heterocycles. The van der Waals surface area contributed by atoms with E-state index < -0.39 is 0 Å². The van der Waals surface area contributed by atoms with E-state index in [1.807, 2.05) is 38.2 Å². The first-order valence-corrected chi connectivity index (χ1v) is 5.86. The molecule has 1 heterocycles.